The van der Waals surface area contributed by atoms with Gasteiger partial charge in [-0.25, -0.2) is 4.98 Å². The Hall–Kier alpha value is -1.61. The van der Waals surface area contributed by atoms with Crippen molar-refractivity contribution >= 4 is 0 Å². The lowest BCUT2D eigenvalue weighted by Gasteiger charge is -2.05. The fourth-order valence-corrected chi connectivity index (χ4v) is 2.11. The molecular weight excluding hydrogens is 186 g/mol. The van der Waals surface area contributed by atoms with E-state index >= 15 is 0 Å². The van der Waals surface area contributed by atoms with Crippen molar-refractivity contribution in [2.24, 2.45) is 0 Å². The number of nitrogens with zero attached hydrogens (tertiary/aromatic N) is 1. The van der Waals surface area contributed by atoms with E-state index in [0.29, 0.717) is 0 Å². The average molecular weight is 199 g/mol. The molecular formula is C12H13N3. The van der Waals surface area contributed by atoms with Gasteiger partial charge in [-0.3, -0.25) is 0 Å². The van der Waals surface area contributed by atoms with Gasteiger partial charge in [-0.2, -0.15) is 0 Å². The Bertz CT molecular complexity index is 499. The van der Waals surface area contributed by atoms with Crippen LogP contribution in [0.25, 0.3) is 11.3 Å². The van der Waals surface area contributed by atoms with Gasteiger partial charge in [0.25, 0.3) is 0 Å². The van der Waals surface area contributed by atoms with E-state index in [-0.39, 0.29) is 0 Å². The second kappa shape index (κ2) is 3.21. The molecule has 0 fully saturated rings. The number of aromatic amines is 1. The molecule has 2 heterocycles. The van der Waals surface area contributed by atoms with Crippen LogP contribution in [0.1, 0.15) is 16.8 Å². The minimum atomic E-state index is 0.864. The number of imidazole rings is 1. The first kappa shape index (κ1) is 8.68. The second-order valence-electron chi connectivity index (χ2n) is 3.99. The van der Waals surface area contributed by atoms with E-state index in [1.165, 1.54) is 22.4 Å². The Morgan fingerprint density at radius 1 is 1.27 bits per heavy atom. The highest BCUT2D eigenvalue weighted by molar-refractivity contribution is 5.67. The summed E-state index contributed by atoms with van der Waals surface area (Å²) in [6.07, 6.45) is 1.77. The van der Waals surface area contributed by atoms with Crippen LogP contribution >= 0.6 is 0 Å². The number of nitrogens with one attached hydrogen (secondary N) is 2. The van der Waals surface area contributed by atoms with Crippen molar-refractivity contribution in [1.29, 1.82) is 0 Å². The quantitative estimate of drug-likeness (QED) is 0.681. The number of fused-ring (bicyclic) bond motifs is 3. The highest BCUT2D eigenvalue weighted by Crippen LogP contribution is 2.27. The first-order valence-corrected chi connectivity index (χ1v) is 5.17. The molecule has 0 amide bonds. The summed E-state index contributed by atoms with van der Waals surface area (Å²) in [6.45, 7) is 3.90. The molecule has 3 rings (SSSR count). The smallest absolute Gasteiger partial charge is 0.0929 e. The maximum absolute atomic E-state index is 4.39. The van der Waals surface area contributed by atoms with Crippen LogP contribution in [0.5, 0.6) is 0 Å². The average Bonchev–Trinajstić information content (AvgIpc) is 2.61. The Balaban J connectivity index is 2.25. The fraction of sp³-hybridized carbons (Fsp3) is 0.250. The highest BCUT2D eigenvalue weighted by atomic mass is 15.0. The molecule has 3 nitrogen and oxygen atoms in total. The van der Waals surface area contributed by atoms with E-state index < -0.39 is 0 Å². The van der Waals surface area contributed by atoms with Gasteiger partial charge in [0, 0.05) is 18.7 Å². The van der Waals surface area contributed by atoms with Gasteiger partial charge >= 0.3 is 0 Å². The fourth-order valence-electron chi connectivity index (χ4n) is 2.11. The maximum Gasteiger partial charge on any atom is 0.0929 e. The maximum atomic E-state index is 4.39. The summed E-state index contributed by atoms with van der Waals surface area (Å²) in [7, 11) is 0. The number of aryl methyl sites for hydroxylation is 1. The molecule has 3 heteroatoms. The second-order valence-corrected chi connectivity index (χ2v) is 3.99. The normalized spacial score (nSPS) is 14.2. The van der Waals surface area contributed by atoms with Gasteiger partial charge in [0.15, 0.2) is 0 Å². The summed E-state index contributed by atoms with van der Waals surface area (Å²) in [4.78, 5) is 7.57. The summed E-state index contributed by atoms with van der Waals surface area (Å²) >= 11 is 0. The summed E-state index contributed by atoms with van der Waals surface area (Å²) < 4.78 is 0. The SMILES string of the molecule is Cc1ccc2c(c1)CNCc1[nH]cnc1-2. The predicted octanol–water partition coefficient (Wildman–Crippen LogP) is 1.99. The monoisotopic (exact) mass is 199 g/mol. The number of benzene rings is 1. The summed E-state index contributed by atoms with van der Waals surface area (Å²) in [5.41, 5.74) is 6.16. The molecule has 2 N–H and O–H groups in total. The predicted molar refractivity (Wildman–Crippen MR) is 59.3 cm³/mol. The molecule has 1 aliphatic heterocycles. The zero-order valence-electron chi connectivity index (χ0n) is 8.67. The van der Waals surface area contributed by atoms with Gasteiger partial charge in [-0.15, -0.1) is 0 Å². The molecule has 0 radical (unpaired) electrons. The molecule has 1 aromatic heterocycles. The Labute approximate surface area is 88.6 Å². The largest absolute Gasteiger partial charge is 0.347 e. The lowest BCUT2D eigenvalue weighted by atomic mass is 10.0. The van der Waals surface area contributed by atoms with Crippen LogP contribution in [-0.2, 0) is 13.1 Å². The van der Waals surface area contributed by atoms with Crippen molar-refractivity contribution in [1.82, 2.24) is 15.3 Å². The van der Waals surface area contributed by atoms with Gasteiger partial charge in [0.05, 0.1) is 17.7 Å². The Morgan fingerprint density at radius 2 is 2.20 bits per heavy atom. The molecule has 0 aliphatic carbocycles. The highest BCUT2D eigenvalue weighted by Gasteiger charge is 2.15. The lowest BCUT2D eigenvalue weighted by Crippen LogP contribution is -2.10. The van der Waals surface area contributed by atoms with Crippen LogP contribution in [0.3, 0.4) is 0 Å². The van der Waals surface area contributed by atoms with Gasteiger partial charge in [-0.1, -0.05) is 23.8 Å². The third kappa shape index (κ3) is 1.36. The van der Waals surface area contributed by atoms with E-state index in [1.54, 1.807) is 6.33 Å². The minimum Gasteiger partial charge on any atom is -0.347 e. The molecule has 0 atom stereocenters. The molecule has 0 bridgehead atoms. The third-order valence-electron chi connectivity index (χ3n) is 2.85. The first-order valence-electron chi connectivity index (χ1n) is 5.17. The van der Waals surface area contributed by atoms with E-state index in [4.69, 9.17) is 0 Å². The van der Waals surface area contributed by atoms with Crippen LogP contribution in [0, 0.1) is 6.92 Å². The number of hydrogen-bond donors (Lipinski definition) is 2. The molecule has 15 heavy (non-hydrogen) atoms. The summed E-state index contributed by atoms with van der Waals surface area (Å²) in [6, 6.07) is 6.53. The minimum absolute atomic E-state index is 0.864. The zero-order chi connectivity index (χ0) is 10.3. The standard InChI is InChI=1S/C12H13N3/c1-8-2-3-10-9(4-8)5-13-6-11-12(10)15-7-14-11/h2-4,7,13H,5-6H2,1H3,(H,14,15). The summed E-state index contributed by atoms with van der Waals surface area (Å²) in [5.74, 6) is 0. The van der Waals surface area contributed by atoms with Crippen LogP contribution < -0.4 is 5.32 Å². The van der Waals surface area contributed by atoms with Crippen molar-refractivity contribution in [3.63, 3.8) is 0 Å². The van der Waals surface area contributed by atoms with Crippen LogP contribution in [0.4, 0.5) is 0 Å². The van der Waals surface area contributed by atoms with Crippen molar-refractivity contribution in [2.75, 3.05) is 0 Å². The molecule has 0 spiro atoms. The van der Waals surface area contributed by atoms with Gasteiger partial charge in [0.1, 0.15) is 0 Å². The van der Waals surface area contributed by atoms with Crippen LogP contribution in [-0.4, -0.2) is 9.97 Å². The van der Waals surface area contributed by atoms with Gasteiger partial charge < -0.3 is 10.3 Å². The third-order valence-corrected chi connectivity index (χ3v) is 2.85. The Kier molecular flexibility index (Phi) is 1.86. The Morgan fingerprint density at radius 3 is 3.13 bits per heavy atom. The number of hydrogen-bond acceptors (Lipinski definition) is 2. The van der Waals surface area contributed by atoms with E-state index in [0.717, 1.165) is 18.8 Å². The molecule has 0 saturated heterocycles. The van der Waals surface area contributed by atoms with Crippen molar-refractivity contribution in [3.05, 3.63) is 41.3 Å². The van der Waals surface area contributed by atoms with Gasteiger partial charge in [0.2, 0.25) is 0 Å². The van der Waals surface area contributed by atoms with Crippen molar-refractivity contribution in [3.8, 4) is 11.3 Å². The zero-order valence-corrected chi connectivity index (χ0v) is 8.67. The van der Waals surface area contributed by atoms with E-state index in [9.17, 15) is 0 Å². The van der Waals surface area contributed by atoms with Gasteiger partial charge in [-0.05, 0) is 12.5 Å². The van der Waals surface area contributed by atoms with Crippen LogP contribution in [0.2, 0.25) is 0 Å². The number of H-pyrrole nitrogens is 1. The molecule has 1 aliphatic rings. The van der Waals surface area contributed by atoms with Crippen molar-refractivity contribution in [2.45, 2.75) is 20.0 Å². The van der Waals surface area contributed by atoms with E-state index in [2.05, 4.69) is 40.4 Å². The topological polar surface area (TPSA) is 40.7 Å². The lowest BCUT2D eigenvalue weighted by molar-refractivity contribution is 0.692. The molecule has 76 valence electrons. The summed E-state index contributed by atoms with van der Waals surface area (Å²) in [5, 5.41) is 3.40. The van der Waals surface area contributed by atoms with E-state index in [1.807, 2.05) is 0 Å². The van der Waals surface area contributed by atoms with Crippen molar-refractivity contribution < 1.29 is 0 Å². The number of aromatic nitrogens is 2. The first-order chi connectivity index (χ1) is 7.34. The molecule has 1 aromatic carbocycles. The molecule has 0 saturated carbocycles. The molecule has 0 unspecified atom stereocenters. The molecule has 2 aromatic rings. The number of rotatable bonds is 0. The van der Waals surface area contributed by atoms with Crippen LogP contribution in [0.15, 0.2) is 24.5 Å².